The predicted octanol–water partition coefficient (Wildman–Crippen LogP) is 1.70. The van der Waals surface area contributed by atoms with Gasteiger partial charge in [-0.3, -0.25) is 4.79 Å². The normalized spacial score (nSPS) is 14.9. The number of rotatable bonds is 3. The second-order valence-corrected chi connectivity index (χ2v) is 5.80. The molecule has 0 spiro atoms. The maximum absolute atomic E-state index is 11.5. The van der Waals surface area contributed by atoms with Crippen LogP contribution >= 0.6 is 0 Å². The molecule has 1 N–H and O–H groups in total. The van der Waals surface area contributed by atoms with Crippen LogP contribution in [0.15, 0.2) is 42.6 Å². The summed E-state index contributed by atoms with van der Waals surface area (Å²) < 4.78 is 0. The Kier molecular flexibility index (Phi) is 4.57. The Labute approximate surface area is 136 Å². The highest BCUT2D eigenvalue weighted by Crippen LogP contribution is 2.22. The first-order valence-corrected chi connectivity index (χ1v) is 7.84. The van der Waals surface area contributed by atoms with Gasteiger partial charge in [0.1, 0.15) is 12.4 Å². The predicted molar refractivity (Wildman–Crippen MR) is 90.3 cm³/mol. The Bertz CT molecular complexity index is 677. The van der Waals surface area contributed by atoms with Crippen molar-refractivity contribution in [2.75, 3.05) is 37.7 Å². The van der Waals surface area contributed by atoms with E-state index in [0.29, 0.717) is 13.1 Å². The molecule has 1 amide bonds. The summed E-state index contributed by atoms with van der Waals surface area (Å²) in [5.74, 6) is 0.727. The lowest BCUT2D eigenvalue weighted by atomic mass is 10.1. The van der Waals surface area contributed by atoms with Gasteiger partial charge in [-0.15, -0.1) is 0 Å². The summed E-state index contributed by atoms with van der Waals surface area (Å²) in [7, 11) is 0. The molecule has 1 aliphatic heterocycles. The van der Waals surface area contributed by atoms with E-state index in [1.807, 2.05) is 12.3 Å². The molecule has 1 aliphatic rings. The Morgan fingerprint density at radius 1 is 1.13 bits per heavy atom. The maximum Gasteiger partial charge on any atom is 0.248 e. The van der Waals surface area contributed by atoms with Crippen molar-refractivity contribution in [2.24, 2.45) is 0 Å². The molecule has 23 heavy (non-hydrogen) atoms. The van der Waals surface area contributed by atoms with Crippen LogP contribution < -0.4 is 4.90 Å². The van der Waals surface area contributed by atoms with Crippen molar-refractivity contribution < 1.29 is 9.90 Å². The van der Waals surface area contributed by atoms with Crippen LogP contribution in [0.2, 0.25) is 0 Å². The van der Waals surface area contributed by atoms with Gasteiger partial charge in [0.15, 0.2) is 0 Å². The molecule has 1 aromatic carbocycles. The first-order chi connectivity index (χ1) is 11.2. The van der Waals surface area contributed by atoms with E-state index in [1.54, 1.807) is 4.90 Å². The number of aliphatic hydroxyl groups is 1. The van der Waals surface area contributed by atoms with E-state index in [1.165, 1.54) is 11.1 Å². The standard InChI is InChI=1S/C18H21N3O2/c1-14-3-2-4-15(11-14)16-5-6-17(19-12-16)20-7-9-21(10-8-20)18(23)13-22/h2-6,11-12,22H,7-10,13H2,1H3. The Morgan fingerprint density at radius 3 is 2.52 bits per heavy atom. The molecule has 2 aromatic rings. The largest absolute Gasteiger partial charge is 0.387 e. The second kappa shape index (κ2) is 6.79. The number of anilines is 1. The number of amides is 1. The summed E-state index contributed by atoms with van der Waals surface area (Å²) in [6, 6.07) is 12.5. The first kappa shape index (κ1) is 15.5. The van der Waals surface area contributed by atoms with Crippen LogP contribution in [0, 0.1) is 6.92 Å². The van der Waals surface area contributed by atoms with Gasteiger partial charge in [0.2, 0.25) is 5.91 Å². The number of benzene rings is 1. The quantitative estimate of drug-likeness (QED) is 0.937. The molecule has 5 nitrogen and oxygen atoms in total. The van der Waals surface area contributed by atoms with Gasteiger partial charge >= 0.3 is 0 Å². The van der Waals surface area contributed by atoms with E-state index < -0.39 is 6.61 Å². The number of piperazine rings is 1. The lowest BCUT2D eigenvalue weighted by Crippen LogP contribution is -2.49. The van der Waals surface area contributed by atoms with E-state index in [4.69, 9.17) is 5.11 Å². The molecular formula is C18H21N3O2. The van der Waals surface area contributed by atoms with Gasteiger partial charge < -0.3 is 14.9 Å². The molecule has 0 bridgehead atoms. The fourth-order valence-electron chi connectivity index (χ4n) is 2.85. The number of carbonyl (C=O) groups excluding carboxylic acids is 1. The lowest BCUT2D eigenvalue weighted by molar-refractivity contribution is -0.134. The molecular weight excluding hydrogens is 290 g/mol. The minimum Gasteiger partial charge on any atom is -0.387 e. The molecule has 0 radical (unpaired) electrons. The molecule has 1 aromatic heterocycles. The van der Waals surface area contributed by atoms with Crippen molar-refractivity contribution in [1.29, 1.82) is 0 Å². The number of aryl methyl sites for hydroxylation is 1. The summed E-state index contributed by atoms with van der Waals surface area (Å²) in [5.41, 5.74) is 3.50. The highest BCUT2D eigenvalue weighted by molar-refractivity contribution is 5.77. The minimum atomic E-state index is -0.413. The highest BCUT2D eigenvalue weighted by Gasteiger charge is 2.21. The molecule has 0 aliphatic carbocycles. The van der Waals surface area contributed by atoms with Gasteiger partial charge in [-0.2, -0.15) is 0 Å². The van der Waals surface area contributed by atoms with E-state index >= 15 is 0 Å². The third kappa shape index (κ3) is 3.51. The fourth-order valence-corrected chi connectivity index (χ4v) is 2.85. The number of aliphatic hydroxyl groups excluding tert-OH is 1. The van der Waals surface area contributed by atoms with Gasteiger partial charge in [-0.25, -0.2) is 4.98 Å². The van der Waals surface area contributed by atoms with Crippen molar-refractivity contribution in [3.05, 3.63) is 48.2 Å². The lowest BCUT2D eigenvalue weighted by Gasteiger charge is -2.35. The smallest absolute Gasteiger partial charge is 0.248 e. The van der Waals surface area contributed by atoms with E-state index in [0.717, 1.165) is 24.5 Å². The minimum absolute atomic E-state index is 0.201. The molecule has 2 heterocycles. The van der Waals surface area contributed by atoms with Gasteiger partial charge in [-0.05, 0) is 24.6 Å². The van der Waals surface area contributed by atoms with Crippen LogP contribution in [0.4, 0.5) is 5.82 Å². The van der Waals surface area contributed by atoms with Gasteiger partial charge in [0, 0.05) is 37.9 Å². The number of aromatic nitrogens is 1. The van der Waals surface area contributed by atoms with Crippen molar-refractivity contribution >= 4 is 11.7 Å². The Hall–Kier alpha value is -2.40. The molecule has 5 heteroatoms. The van der Waals surface area contributed by atoms with Crippen molar-refractivity contribution in [2.45, 2.75) is 6.92 Å². The van der Waals surface area contributed by atoms with Crippen molar-refractivity contribution in [3.8, 4) is 11.1 Å². The summed E-state index contributed by atoms with van der Waals surface area (Å²) in [6.45, 7) is 4.40. The van der Waals surface area contributed by atoms with Gasteiger partial charge in [0.25, 0.3) is 0 Å². The average Bonchev–Trinajstić information content (AvgIpc) is 2.61. The number of carbonyl (C=O) groups is 1. The highest BCUT2D eigenvalue weighted by atomic mass is 16.3. The zero-order chi connectivity index (χ0) is 16.2. The van der Waals surface area contributed by atoms with Crippen LogP contribution in [0.1, 0.15) is 5.56 Å². The van der Waals surface area contributed by atoms with Gasteiger partial charge in [0.05, 0.1) is 0 Å². The number of hydrogen-bond donors (Lipinski definition) is 1. The van der Waals surface area contributed by atoms with Gasteiger partial charge in [-0.1, -0.05) is 29.8 Å². The zero-order valence-electron chi connectivity index (χ0n) is 13.3. The van der Waals surface area contributed by atoms with Crippen LogP contribution in [-0.4, -0.2) is 53.7 Å². The summed E-state index contributed by atoms with van der Waals surface area (Å²) >= 11 is 0. The SMILES string of the molecule is Cc1cccc(-c2ccc(N3CCN(C(=O)CO)CC3)nc2)c1. The summed E-state index contributed by atoms with van der Waals surface area (Å²) in [4.78, 5) is 19.9. The molecule has 120 valence electrons. The maximum atomic E-state index is 11.5. The number of pyridine rings is 1. The van der Waals surface area contributed by atoms with E-state index in [-0.39, 0.29) is 5.91 Å². The van der Waals surface area contributed by atoms with Crippen molar-refractivity contribution in [1.82, 2.24) is 9.88 Å². The number of hydrogen-bond acceptors (Lipinski definition) is 4. The second-order valence-electron chi connectivity index (χ2n) is 5.80. The Balaban J connectivity index is 1.68. The van der Waals surface area contributed by atoms with E-state index in [9.17, 15) is 4.79 Å². The molecule has 3 rings (SSSR count). The molecule has 0 atom stereocenters. The van der Waals surface area contributed by atoms with Crippen LogP contribution in [-0.2, 0) is 4.79 Å². The topological polar surface area (TPSA) is 56.7 Å². The molecule has 0 unspecified atom stereocenters. The molecule has 0 saturated carbocycles. The fraction of sp³-hybridized carbons (Fsp3) is 0.333. The van der Waals surface area contributed by atoms with Crippen LogP contribution in [0.5, 0.6) is 0 Å². The number of nitrogens with zero attached hydrogens (tertiary/aromatic N) is 3. The van der Waals surface area contributed by atoms with Crippen LogP contribution in [0.3, 0.4) is 0 Å². The third-order valence-electron chi connectivity index (χ3n) is 4.19. The van der Waals surface area contributed by atoms with Crippen molar-refractivity contribution in [3.63, 3.8) is 0 Å². The zero-order valence-corrected chi connectivity index (χ0v) is 13.3. The molecule has 1 saturated heterocycles. The molecule has 1 fully saturated rings. The average molecular weight is 311 g/mol. The Morgan fingerprint density at radius 2 is 1.91 bits per heavy atom. The first-order valence-electron chi connectivity index (χ1n) is 7.84. The monoisotopic (exact) mass is 311 g/mol. The summed E-state index contributed by atoms with van der Waals surface area (Å²) in [5, 5.41) is 8.91. The van der Waals surface area contributed by atoms with Crippen LogP contribution in [0.25, 0.3) is 11.1 Å². The summed E-state index contributed by atoms with van der Waals surface area (Å²) in [6.07, 6.45) is 1.90. The third-order valence-corrected chi connectivity index (χ3v) is 4.19. The van der Waals surface area contributed by atoms with E-state index in [2.05, 4.69) is 47.1 Å².